The minimum Gasteiger partial charge on any atom is -0.506 e. The number of nitrogens with one attached hydrogen (secondary N) is 1. The van der Waals surface area contributed by atoms with Crippen molar-refractivity contribution < 1.29 is 18.3 Å². The highest BCUT2D eigenvalue weighted by molar-refractivity contribution is 7.89. The largest absolute Gasteiger partial charge is 0.506 e. The standard InChI is InChI=1S/C11H16N2O4S/c1-12-10-3-2-9(8-11(10)14)18(15,16)13-4-6-17-7-5-13/h2-3,8,12,14H,4-7H2,1H3. The summed E-state index contributed by atoms with van der Waals surface area (Å²) in [4.78, 5) is 0.0981. The van der Waals surface area contributed by atoms with Crippen molar-refractivity contribution in [3.05, 3.63) is 18.2 Å². The van der Waals surface area contributed by atoms with E-state index in [1.54, 1.807) is 13.1 Å². The van der Waals surface area contributed by atoms with Crippen molar-refractivity contribution in [1.29, 1.82) is 0 Å². The van der Waals surface area contributed by atoms with Gasteiger partial charge >= 0.3 is 0 Å². The van der Waals surface area contributed by atoms with Crippen LogP contribution < -0.4 is 5.32 Å². The summed E-state index contributed by atoms with van der Waals surface area (Å²) in [5, 5.41) is 12.5. The predicted molar refractivity (Wildman–Crippen MR) is 67.2 cm³/mol. The van der Waals surface area contributed by atoms with Crippen LogP contribution in [0.4, 0.5) is 5.69 Å². The SMILES string of the molecule is CNc1ccc(S(=O)(=O)N2CCOCC2)cc1O. The number of nitrogens with zero attached hydrogens (tertiary/aromatic N) is 1. The average molecular weight is 272 g/mol. The smallest absolute Gasteiger partial charge is 0.243 e. The lowest BCUT2D eigenvalue weighted by Crippen LogP contribution is -2.40. The number of benzene rings is 1. The molecule has 1 heterocycles. The molecule has 1 aliphatic rings. The van der Waals surface area contributed by atoms with Gasteiger partial charge in [0.1, 0.15) is 5.75 Å². The van der Waals surface area contributed by atoms with E-state index in [-0.39, 0.29) is 10.6 Å². The molecule has 0 aliphatic carbocycles. The van der Waals surface area contributed by atoms with Gasteiger partial charge in [-0.15, -0.1) is 0 Å². The predicted octanol–water partition coefficient (Wildman–Crippen LogP) is 0.455. The maximum absolute atomic E-state index is 12.3. The van der Waals surface area contributed by atoms with E-state index in [9.17, 15) is 13.5 Å². The third-order valence-corrected chi connectivity index (χ3v) is 4.74. The number of morpholine rings is 1. The minimum atomic E-state index is -3.54. The van der Waals surface area contributed by atoms with Gasteiger partial charge in [-0.2, -0.15) is 4.31 Å². The maximum Gasteiger partial charge on any atom is 0.243 e. The van der Waals surface area contributed by atoms with Gasteiger partial charge in [0.05, 0.1) is 23.8 Å². The van der Waals surface area contributed by atoms with E-state index in [0.717, 1.165) is 0 Å². The van der Waals surface area contributed by atoms with Gasteiger partial charge in [-0.25, -0.2) is 8.42 Å². The van der Waals surface area contributed by atoms with Gasteiger partial charge in [-0.3, -0.25) is 0 Å². The second-order valence-electron chi connectivity index (χ2n) is 3.95. The van der Waals surface area contributed by atoms with Crippen LogP contribution >= 0.6 is 0 Å². The zero-order valence-electron chi connectivity index (χ0n) is 10.1. The Balaban J connectivity index is 2.32. The minimum absolute atomic E-state index is 0.0770. The second kappa shape index (κ2) is 5.13. The molecule has 6 nitrogen and oxygen atoms in total. The van der Waals surface area contributed by atoms with Crippen LogP contribution in [0.25, 0.3) is 0 Å². The summed E-state index contributed by atoms with van der Waals surface area (Å²) in [6, 6.07) is 4.29. The normalized spacial score (nSPS) is 17.6. The Morgan fingerprint density at radius 3 is 2.56 bits per heavy atom. The molecule has 0 bridgehead atoms. The Morgan fingerprint density at radius 2 is 2.00 bits per heavy atom. The fourth-order valence-electron chi connectivity index (χ4n) is 1.82. The van der Waals surface area contributed by atoms with E-state index >= 15 is 0 Å². The molecule has 0 atom stereocenters. The molecular formula is C11H16N2O4S. The Bertz CT molecular complexity index is 524. The van der Waals surface area contributed by atoms with Crippen LogP contribution in [-0.4, -0.2) is 51.2 Å². The number of phenolic OH excluding ortho intramolecular Hbond substituents is 1. The van der Waals surface area contributed by atoms with Crippen molar-refractivity contribution >= 4 is 15.7 Å². The molecule has 0 unspecified atom stereocenters. The Labute approximate surface area is 106 Å². The number of phenols is 1. The topological polar surface area (TPSA) is 78.9 Å². The molecule has 1 fully saturated rings. The number of anilines is 1. The molecule has 0 radical (unpaired) electrons. The quantitative estimate of drug-likeness (QED) is 0.781. The Morgan fingerprint density at radius 1 is 1.33 bits per heavy atom. The van der Waals surface area contributed by atoms with E-state index in [4.69, 9.17) is 4.74 Å². The van der Waals surface area contributed by atoms with Gasteiger partial charge in [-0.05, 0) is 12.1 Å². The van der Waals surface area contributed by atoms with Crippen LogP contribution in [0.3, 0.4) is 0 Å². The first-order chi connectivity index (χ1) is 8.55. The van der Waals surface area contributed by atoms with Crippen LogP contribution in [0.15, 0.2) is 23.1 Å². The van der Waals surface area contributed by atoms with Crippen molar-refractivity contribution in [2.75, 3.05) is 38.7 Å². The van der Waals surface area contributed by atoms with Gasteiger partial charge < -0.3 is 15.2 Å². The van der Waals surface area contributed by atoms with Gasteiger partial charge in [0.2, 0.25) is 10.0 Å². The molecule has 0 amide bonds. The third-order valence-electron chi connectivity index (χ3n) is 2.85. The van der Waals surface area contributed by atoms with E-state index < -0.39 is 10.0 Å². The molecule has 0 saturated carbocycles. The highest BCUT2D eigenvalue weighted by Gasteiger charge is 2.26. The zero-order chi connectivity index (χ0) is 13.2. The van der Waals surface area contributed by atoms with Crippen molar-refractivity contribution in [3.63, 3.8) is 0 Å². The molecule has 7 heteroatoms. The molecule has 1 aromatic carbocycles. The Kier molecular flexibility index (Phi) is 3.74. The van der Waals surface area contributed by atoms with Crippen LogP contribution in [0.2, 0.25) is 0 Å². The summed E-state index contributed by atoms with van der Waals surface area (Å²) in [5.41, 5.74) is 0.496. The molecule has 1 saturated heterocycles. The highest BCUT2D eigenvalue weighted by atomic mass is 32.2. The molecule has 2 N–H and O–H groups in total. The van der Waals surface area contributed by atoms with Crippen molar-refractivity contribution in [2.24, 2.45) is 0 Å². The summed E-state index contributed by atoms with van der Waals surface area (Å²) < 4.78 is 31.0. The summed E-state index contributed by atoms with van der Waals surface area (Å²) in [6.45, 7) is 1.49. The first-order valence-corrected chi connectivity index (χ1v) is 7.08. The summed E-state index contributed by atoms with van der Waals surface area (Å²) in [5.74, 6) is -0.0770. The van der Waals surface area contributed by atoms with Crippen molar-refractivity contribution in [2.45, 2.75) is 4.90 Å². The molecular weight excluding hydrogens is 256 g/mol. The van der Waals surface area contributed by atoms with Crippen LogP contribution in [0, 0.1) is 0 Å². The van der Waals surface area contributed by atoms with Gasteiger partial charge in [-0.1, -0.05) is 0 Å². The van der Waals surface area contributed by atoms with E-state index in [0.29, 0.717) is 32.0 Å². The summed E-state index contributed by atoms with van der Waals surface area (Å²) in [6.07, 6.45) is 0. The molecule has 18 heavy (non-hydrogen) atoms. The molecule has 1 aromatic rings. The molecule has 0 aromatic heterocycles. The number of rotatable bonds is 3. The second-order valence-corrected chi connectivity index (χ2v) is 5.88. The van der Waals surface area contributed by atoms with Crippen molar-refractivity contribution in [1.82, 2.24) is 4.31 Å². The monoisotopic (exact) mass is 272 g/mol. The van der Waals surface area contributed by atoms with E-state index in [1.807, 2.05) is 0 Å². The van der Waals surface area contributed by atoms with E-state index in [2.05, 4.69) is 5.32 Å². The molecule has 0 spiro atoms. The summed E-state index contributed by atoms with van der Waals surface area (Å²) >= 11 is 0. The van der Waals surface area contributed by atoms with Crippen LogP contribution in [0.5, 0.6) is 5.75 Å². The molecule has 2 rings (SSSR count). The highest BCUT2D eigenvalue weighted by Crippen LogP contribution is 2.27. The number of ether oxygens (including phenoxy) is 1. The number of aromatic hydroxyl groups is 1. The first kappa shape index (κ1) is 13.1. The number of hydrogen-bond acceptors (Lipinski definition) is 5. The molecule has 100 valence electrons. The van der Waals surface area contributed by atoms with Gasteiger partial charge in [0.15, 0.2) is 0 Å². The third kappa shape index (κ3) is 2.43. The lowest BCUT2D eigenvalue weighted by Gasteiger charge is -2.26. The fraction of sp³-hybridized carbons (Fsp3) is 0.455. The zero-order valence-corrected chi connectivity index (χ0v) is 10.9. The van der Waals surface area contributed by atoms with E-state index in [1.165, 1.54) is 16.4 Å². The van der Waals surface area contributed by atoms with Gasteiger partial charge in [0.25, 0.3) is 0 Å². The van der Waals surface area contributed by atoms with Crippen LogP contribution in [0.1, 0.15) is 0 Å². The lowest BCUT2D eigenvalue weighted by molar-refractivity contribution is 0.0730. The summed E-state index contributed by atoms with van der Waals surface area (Å²) in [7, 11) is -1.89. The number of sulfonamides is 1. The average Bonchev–Trinajstić information content (AvgIpc) is 2.39. The van der Waals surface area contributed by atoms with Crippen LogP contribution in [-0.2, 0) is 14.8 Å². The maximum atomic E-state index is 12.3. The number of hydrogen-bond donors (Lipinski definition) is 2. The Hall–Kier alpha value is -1.31. The first-order valence-electron chi connectivity index (χ1n) is 5.64. The van der Waals surface area contributed by atoms with Crippen molar-refractivity contribution in [3.8, 4) is 5.75 Å². The fourth-order valence-corrected chi connectivity index (χ4v) is 3.25. The lowest BCUT2D eigenvalue weighted by atomic mass is 10.3. The van der Waals surface area contributed by atoms with Gasteiger partial charge in [0, 0.05) is 26.2 Å². The molecule has 1 aliphatic heterocycles.